The molecule has 0 heterocycles. The zero-order valence-corrected chi connectivity index (χ0v) is 21.4. The minimum atomic E-state index is -0.440. The largest absolute Gasteiger partial charge is 0.497 e. The van der Waals surface area contributed by atoms with Crippen molar-refractivity contribution in [3.63, 3.8) is 0 Å². The summed E-state index contributed by atoms with van der Waals surface area (Å²) in [5.74, 6) is 4.26. The normalized spacial score (nSPS) is 10.5. The predicted molar refractivity (Wildman–Crippen MR) is 133 cm³/mol. The fourth-order valence-corrected chi connectivity index (χ4v) is 4.12. The Labute approximate surface area is 206 Å². The summed E-state index contributed by atoms with van der Waals surface area (Å²) >= 11 is 0. The van der Waals surface area contributed by atoms with Crippen molar-refractivity contribution in [2.45, 2.75) is 5.92 Å². The van der Waals surface area contributed by atoms with Gasteiger partial charge in [-0.1, -0.05) is 0 Å². The van der Waals surface area contributed by atoms with Crippen molar-refractivity contribution in [2.24, 2.45) is 0 Å². The first-order valence-corrected chi connectivity index (χ1v) is 10.8. The molecule has 0 aliphatic rings. The van der Waals surface area contributed by atoms with E-state index < -0.39 is 5.92 Å². The topological polar surface area (TPSA) is 73.8 Å². The van der Waals surface area contributed by atoms with Gasteiger partial charge in [-0.15, -0.1) is 0 Å². The molecule has 0 aliphatic carbocycles. The van der Waals surface area contributed by atoms with Gasteiger partial charge in [0.1, 0.15) is 23.0 Å². The van der Waals surface area contributed by atoms with Gasteiger partial charge >= 0.3 is 0 Å². The first-order chi connectivity index (χ1) is 17.0. The number of hydrogen-bond acceptors (Lipinski definition) is 8. The zero-order chi connectivity index (χ0) is 25.5. The highest BCUT2D eigenvalue weighted by molar-refractivity contribution is 5.64. The molecule has 8 heteroatoms. The van der Waals surface area contributed by atoms with Gasteiger partial charge in [0.25, 0.3) is 0 Å². The molecule has 0 saturated heterocycles. The standard InChI is InChI=1S/C27H32O8/c1-28-16-9-10-20(29-2)17(11-16)27(18-12-23(32-5)25(34-7)14-21(18)30-3)19-13-24(33-6)26(35-8)15-22(19)31-4/h9-15,27H,1-8H3. The van der Waals surface area contributed by atoms with Gasteiger partial charge in [-0.3, -0.25) is 0 Å². The van der Waals surface area contributed by atoms with E-state index in [1.165, 1.54) is 0 Å². The Morgan fingerprint density at radius 1 is 0.371 bits per heavy atom. The minimum absolute atomic E-state index is 0.440. The SMILES string of the molecule is COc1ccc(OC)c(C(c2cc(OC)c(OC)cc2OC)c2cc(OC)c(OC)cc2OC)c1. The van der Waals surface area contributed by atoms with E-state index in [0.717, 1.165) is 16.7 Å². The second kappa shape index (κ2) is 11.5. The molecule has 0 N–H and O–H groups in total. The Hall–Kier alpha value is -3.94. The van der Waals surface area contributed by atoms with Crippen molar-refractivity contribution in [1.82, 2.24) is 0 Å². The smallest absolute Gasteiger partial charge is 0.164 e. The molecule has 0 unspecified atom stereocenters. The van der Waals surface area contributed by atoms with Gasteiger partial charge in [0.15, 0.2) is 23.0 Å². The number of hydrogen-bond donors (Lipinski definition) is 0. The Kier molecular flexibility index (Phi) is 8.41. The fourth-order valence-electron chi connectivity index (χ4n) is 4.12. The summed E-state index contributed by atoms with van der Waals surface area (Å²) < 4.78 is 45.2. The van der Waals surface area contributed by atoms with Crippen molar-refractivity contribution in [3.8, 4) is 46.0 Å². The molecule has 35 heavy (non-hydrogen) atoms. The second-order valence-corrected chi connectivity index (χ2v) is 7.44. The molecule has 0 amide bonds. The number of rotatable bonds is 11. The molecule has 3 aromatic carbocycles. The summed E-state index contributed by atoms with van der Waals surface area (Å²) in [6, 6.07) is 13.0. The maximum absolute atomic E-state index is 5.81. The molecule has 0 spiro atoms. The third-order valence-corrected chi connectivity index (χ3v) is 5.84. The van der Waals surface area contributed by atoms with E-state index in [2.05, 4.69) is 0 Å². The van der Waals surface area contributed by atoms with E-state index in [4.69, 9.17) is 37.9 Å². The summed E-state index contributed by atoms with van der Waals surface area (Å²) in [5.41, 5.74) is 2.41. The van der Waals surface area contributed by atoms with Crippen LogP contribution in [-0.4, -0.2) is 56.9 Å². The van der Waals surface area contributed by atoms with Crippen molar-refractivity contribution in [3.05, 3.63) is 59.2 Å². The van der Waals surface area contributed by atoms with Crippen LogP contribution in [0.5, 0.6) is 46.0 Å². The lowest BCUT2D eigenvalue weighted by Gasteiger charge is -2.26. The average molecular weight is 485 g/mol. The van der Waals surface area contributed by atoms with E-state index in [-0.39, 0.29) is 0 Å². The zero-order valence-electron chi connectivity index (χ0n) is 21.4. The molecule has 3 rings (SSSR count). The highest BCUT2D eigenvalue weighted by atomic mass is 16.5. The molecule has 188 valence electrons. The lowest BCUT2D eigenvalue weighted by molar-refractivity contribution is 0.344. The van der Waals surface area contributed by atoms with E-state index in [1.54, 1.807) is 69.0 Å². The number of benzene rings is 3. The van der Waals surface area contributed by atoms with Gasteiger partial charge in [0, 0.05) is 34.7 Å². The van der Waals surface area contributed by atoms with Crippen LogP contribution in [0.15, 0.2) is 42.5 Å². The van der Waals surface area contributed by atoms with Crippen LogP contribution >= 0.6 is 0 Å². The summed E-state index contributed by atoms with van der Waals surface area (Å²) in [7, 11) is 12.8. The Morgan fingerprint density at radius 2 is 0.743 bits per heavy atom. The maximum Gasteiger partial charge on any atom is 0.164 e. The van der Waals surface area contributed by atoms with Crippen LogP contribution in [0, 0.1) is 0 Å². The quantitative estimate of drug-likeness (QED) is 0.355. The summed E-state index contributed by atoms with van der Waals surface area (Å²) in [6.45, 7) is 0. The van der Waals surface area contributed by atoms with Crippen molar-refractivity contribution >= 4 is 0 Å². The highest BCUT2D eigenvalue weighted by Crippen LogP contribution is 2.50. The van der Waals surface area contributed by atoms with Gasteiger partial charge in [0.2, 0.25) is 0 Å². The van der Waals surface area contributed by atoms with Gasteiger partial charge in [0.05, 0.1) is 56.9 Å². The first kappa shape index (κ1) is 25.7. The van der Waals surface area contributed by atoms with Crippen LogP contribution in [0.25, 0.3) is 0 Å². The molecule has 0 aromatic heterocycles. The Bertz CT molecular complexity index is 1090. The predicted octanol–water partition coefficient (Wildman–Crippen LogP) is 4.94. The van der Waals surface area contributed by atoms with Crippen molar-refractivity contribution < 1.29 is 37.9 Å². The van der Waals surface area contributed by atoms with E-state index in [0.29, 0.717) is 46.0 Å². The average Bonchev–Trinajstić information content (AvgIpc) is 2.92. The summed E-state index contributed by atoms with van der Waals surface area (Å²) in [5, 5.41) is 0. The van der Waals surface area contributed by atoms with Crippen LogP contribution in [0.3, 0.4) is 0 Å². The van der Waals surface area contributed by atoms with Crippen molar-refractivity contribution in [1.29, 1.82) is 0 Å². The van der Waals surface area contributed by atoms with Gasteiger partial charge in [-0.2, -0.15) is 0 Å². The summed E-state index contributed by atoms with van der Waals surface area (Å²) in [6.07, 6.45) is 0. The maximum atomic E-state index is 5.81. The molecule has 0 atom stereocenters. The lowest BCUT2D eigenvalue weighted by Crippen LogP contribution is -2.10. The Morgan fingerprint density at radius 3 is 1.11 bits per heavy atom. The number of methoxy groups -OCH3 is 8. The second-order valence-electron chi connectivity index (χ2n) is 7.44. The molecule has 3 aromatic rings. The first-order valence-electron chi connectivity index (χ1n) is 10.8. The Balaban J connectivity index is 2.46. The van der Waals surface area contributed by atoms with Crippen LogP contribution in [-0.2, 0) is 0 Å². The van der Waals surface area contributed by atoms with E-state index in [9.17, 15) is 0 Å². The highest BCUT2D eigenvalue weighted by Gasteiger charge is 2.30. The van der Waals surface area contributed by atoms with Gasteiger partial charge in [-0.25, -0.2) is 0 Å². The van der Waals surface area contributed by atoms with Gasteiger partial charge < -0.3 is 37.9 Å². The molecule has 8 nitrogen and oxygen atoms in total. The van der Waals surface area contributed by atoms with Crippen LogP contribution in [0.2, 0.25) is 0 Å². The molecule has 0 fully saturated rings. The van der Waals surface area contributed by atoms with Crippen LogP contribution in [0.1, 0.15) is 22.6 Å². The summed E-state index contributed by atoms with van der Waals surface area (Å²) in [4.78, 5) is 0. The molecule has 0 aliphatic heterocycles. The van der Waals surface area contributed by atoms with Crippen LogP contribution in [0.4, 0.5) is 0 Å². The monoisotopic (exact) mass is 484 g/mol. The third-order valence-electron chi connectivity index (χ3n) is 5.84. The lowest BCUT2D eigenvalue weighted by atomic mass is 9.83. The molecular weight excluding hydrogens is 452 g/mol. The van der Waals surface area contributed by atoms with E-state index >= 15 is 0 Å². The van der Waals surface area contributed by atoms with Crippen LogP contribution < -0.4 is 37.9 Å². The van der Waals surface area contributed by atoms with Gasteiger partial charge in [-0.05, 0) is 30.3 Å². The minimum Gasteiger partial charge on any atom is -0.497 e. The van der Waals surface area contributed by atoms with Crippen molar-refractivity contribution in [2.75, 3.05) is 56.9 Å². The third kappa shape index (κ3) is 4.96. The molecule has 0 bridgehead atoms. The van der Waals surface area contributed by atoms with E-state index in [1.807, 2.05) is 30.3 Å². The molecule has 0 saturated carbocycles. The number of ether oxygens (including phenoxy) is 8. The fraction of sp³-hybridized carbons (Fsp3) is 0.333. The molecular formula is C27H32O8. The molecule has 0 radical (unpaired) electrons.